The summed E-state index contributed by atoms with van der Waals surface area (Å²) >= 11 is 1.02. The summed E-state index contributed by atoms with van der Waals surface area (Å²) in [6, 6.07) is 9.02. The predicted molar refractivity (Wildman–Crippen MR) is 79.7 cm³/mol. The van der Waals surface area contributed by atoms with Crippen molar-refractivity contribution in [3.8, 4) is 0 Å². The second-order valence-electron chi connectivity index (χ2n) is 4.13. The molecule has 1 aromatic carbocycles. The lowest BCUT2D eigenvalue weighted by Crippen LogP contribution is -2.30. The highest BCUT2D eigenvalue weighted by molar-refractivity contribution is 7.92. The summed E-state index contributed by atoms with van der Waals surface area (Å²) in [5.74, 6) is -1.03. The summed E-state index contributed by atoms with van der Waals surface area (Å²) < 4.78 is 25.9. The molecule has 0 bridgehead atoms. The largest absolute Gasteiger partial charge is 0.326 e. The number of amides is 2. The molecule has 0 aliphatic rings. The van der Waals surface area contributed by atoms with E-state index in [1.165, 1.54) is 25.1 Å². The number of carbonyl (C=O) groups excluding carboxylic acids is 2. The Kier molecular flexibility index (Phi) is 4.39. The molecule has 1 heterocycles. The van der Waals surface area contributed by atoms with E-state index in [4.69, 9.17) is 0 Å². The van der Waals surface area contributed by atoms with Crippen molar-refractivity contribution in [3.63, 3.8) is 0 Å². The first-order valence-corrected chi connectivity index (χ1v) is 8.23. The van der Waals surface area contributed by atoms with Gasteiger partial charge in [0.1, 0.15) is 4.21 Å². The van der Waals surface area contributed by atoms with Crippen LogP contribution in [0.3, 0.4) is 0 Å². The molecule has 1 aromatic heterocycles. The number of nitrogens with one attached hydrogen (secondary N) is 2. The maximum atomic E-state index is 12.0. The molecule has 0 atom stereocenters. The Balaban J connectivity index is 2.19. The summed E-state index contributed by atoms with van der Waals surface area (Å²) in [4.78, 5) is 23.0. The Morgan fingerprint density at radius 2 is 1.90 bits per heavy atom. The van der Waals surface area contributed by atoms with Crippen molar-refractivity contribution in [1.29, 1.82) is 0 Å². The van der Waals surface area contributed by atoms with E-state index in [0.29, 0.717) is 5.69 Å². The van der Waals surface area contributed by atoms with Gasteiger partial charge in [0.2, 0.25) is 5.91 Å². The Hall–Kier alpha value is -2.19. The van der Waals surface area contributed by atoms with Crippen molar-refractivity contribution in [3.05, 3.63) is 47.3 Å². The molecule has 2 amide bonds. The van der Waals surface area contributed by atoms with Gasteiger partial charge in [0.05, 0.1) is 0 Å². The van der Waals surface area contributed by atoms with Crippen LogP contribution >= 0.6 is 11.3 Å². The fourth-order valence-electron chi connectivity index (χ4n) is 1.59. The third kappa shape index (κ3) is 3.89. The van der Waals surface area contributed by atoms with E-state index in [1.54, 1.807) is 23.6 Å². The smallest absolute Gasteiger partial charge is 0.273 e. The van der Waals surface area contributed by atoms with Gasteiger partial charge in [-0.25, -0.2) is 13.1 Å². The van der Waals surface area contributed by atoms with Crippen molar-refractivity contribution in [2.75, 3.05) is 5.32 Å². The molecule has 0 saturated carbocycles. The monoisotopic (exact) mass is 324 g/mol. The maximum absolute atomic E-state index is 12.0. The van der Waals surface area contributed by atoms with Crippen molar-refractivity contribution < 1.29 is 18.0 Å². The Labute approximate surface area is 125 Å². The zero-order valence-corrected chi connectivity index (χ0v) is 12.6. The first-order valence-electron chi connectivity index (χ1n) is 5.87. The van der Waals surface area contributed by atoms with E-state index in [2.05, 4.69) is 5.32 Å². The van der Waals surface area contributed by atoms with Gasteiger partial charge in [-0.15, -0.1) is 11.3 Å². The molecular formula is C13H12N2O4S2. The van der Waals surface area contributed by atoms with Crippen LogP contribution < -0.4 is 10.0 Å². The van der Waals surface area contributed by atoms with Crippen molar-refractivity contribution in [1.82, 2.24) is 4.72 Å². The molecule has 0 spiro atoms. The molecule has 0 fully saturated rings. The minimum atomic E-state index is -3.87. The second-order valence-corrected chi connectivity index (χ2v) is 6.99. The van der Waals surface area contributed by atoms with Crippen molar-refractivity contribution >= 4 is 38.9 Å². The molecular weight excluding hydrogens is 312 g/mol. The van der Waals surface area contributed by atoms with Crippen LogP contribution in [-0.2, 0) is 14.8 Å². The number of anilines is 1. The molecule has 6 nitrogen and oxygen atoms in total. The second kappa shape index (κ2) is 6.06. The summed E-state index contributed by atoms with van der Waals surface area (Å²) in [6.45, 7) is 1.34. The van der Waals surface area contributed by atoms with E-state index >= 15 is 0 Å². The van der Waals surface area contributed by atoms with E-state index in [1.807, 2.05) is 4.72 Å². The molecule has 110 valence electrons. The van der Waals surface area contributed by atoms with E-state index in [-0.39, 0.29) is 15.7 Å². The molecule has 21 heavy (non-hydrogen) atoms. The van der Waals surface area contributed by atoms with E-state index < -0.39 is 15.9 Å². The quantitative estimate of drug-likeness (QED) is 0.897. The Bertz CT molecular complexity index is 767. The van der Waals surface area contributed by atoms with Crippen molar-refractivity contribution in [2.45, 2.75) is 11.1 Å². The van der Waals surface area contributed by atoms with E-state index in [9.17, 15) is 18.0 Å². The fourth-order valence-corrected chi connectivity index (χ4v) is 3.56. The minimum absolute atomic E-state index is 0.0638. The summed E-state index contributed by atoms with van der Waals surface area (Å²) in [5.41, 5.74) is 0.560. The SMILES string of the molecule is CC(=O)Nc1cccc(C(=O)NS(=O)(=O)c2cccs2)c1. The molecule has 0 aliphatic carbocycles. The first-order chi connectivity index (χ1) is 9.88. The number of rotatable bonds is 4. The van der Waals surface area contributed by atoms with Crippen LogP contribution in [0.1, 0.15) is 17.3 Å². The number of hydrogen-bond acceptors (Lipinski definition) is 5. The molecule has 0 radical (unpaired) electrons. The molecule has 0 aliphatic heterocycles. The van der Waals surface area contributed by atoms with Crippen LogP contribution in [0, 0.1) is 0 Å². The fraction of sp³-hybridized carbons (Fsp3) is 0.0769. The molecule has 8 heteroatoms. The maximum Gasteiger partial charge on any atom is 0.273 e. The highest BCUT2D eigenvalue weighted by Gasteiger charge is 2.19. The molecule has 2 N–H and O–H groups in total. The van der Waals surface area contributed by atoms with Crippen LogP contribution in [0.15, 0.2) is 46.0 Å². The van der Waals surface area contributed by atoms with Crippen LogP contribution in [-0.4, -0.2) is 20.2 Å². The normalized spacial score (nSPS) is 10.9. The van der Waals surface area contributed by atoms with Crippen LogP contribution in [0.2, 0.25) is 0 Å². The highest BCUT2D eigenvalue weighted by Crippen LogP contribution is 2.16. The molecule has 0 saturated heterocycles. The number of benzene rings is 1. The van der Waals surface area contributed by atoms with Gasteiger partial charge in [-0.2, -0.15) is 0 Å². The average molecular weight is 324 g/mol. The van der Waals surface area contributed by atoms with Gasteiger partial charge >= 0.3 is 0 Å². The highest BCUT2D eigenvalue weighted by atomic mass is 32.2. The summed E-state index contributed by atoms with van der Waals surface area (Å²) in [7, 11) is -3.87. The van der Waals surface area contributed by atoms with Gasteiger partial charge in [-0.3, -0.25) is 9.59 Å². The summed E-state index contributed by atoms with van der Waals surface area (Å²) in [6.07, 6.45) is 0. The molecule has 2 aromatic rings. The Morgan fingerprint density at radius 1 is 1.14 bits per heavy atom. The minimum Gasteiger partial charge on any atom is -0.326 e. The topological polar surface area (TPSA) is 92.3 Å². The summed E-state index contributed by atoms with van der Waals surface area (Å²) in [5, 5.41) is 4.13. The zero-order valence-electron chi connectivity index (χ0n) is 11.0. The van der Waals surface area contributed by atoms with Crippen LogP contribution in [0.4, 0.5) is 5.69 Å². The van der Waals surface area contributed by atoms with Gasteiger partial charge in [0.15, 0.2) is 0 Å². The van der Waals surface area contributed by atoms with Crippen LogP contribution in [0.5, 0.6) is 0 Å². The van der Waals surface area contributed by atoms with Gasteiger partial charge in [0, 0.05) is 18.2 Å². The van der Waals surface area contributed by atoms with Gasteiger partial charge in [-0.05, 0) is 29.6 Å². The standard InChI is InChI=1S/C13H12N2O4S2/c1-9(16)14-11-5-2-4-10(8-11)13(17)15-21(18,19)12-6-3-7-20-12/h2-8H,1H3,(H,14,16)(H,15,17). The lowest BCUT2D eigenvalue weighted by Gasteiger charge is -2.07. The van der Waals surface area contributed by atoms with E-state index in [0.717, 1.165) is 11.3 Å². The van der Waals surface area contributed by atoms with Crippen molar-refractivity contribution in [2.24, 2.45) is 0 Å². The molecule has 0 unspecified atom stereocenters. The number of carbonyl (C=O) groups is 2. The number of thiophene rings is 1. The van der Waals surface area contributed by atoms with Gasteiger partial charge in [0.25, 0.3) is 15.9 Å². The Morgan fingerprint density at radius 3 is 2.52 bits per heavy atom. The third-order valence-corrected chi connectivity index (χ3v) is 5.16. The lowest BCUT2D eigenvalue weighted by atomic mass is 10.2. The lowest BCUT2D eigenvalue weighted by molar-refractivity contribution is -0.114. The zero-order chi connectivity index (χ0) is 15.5. The number of sulfonamides is 1. The molecule has 2 rings (SSSR count). The predicted octanol–water partition coefficient (Wildman–Crippen LogP) is 1.83. The first kappa shape index (κ1) is 15.2. The third-order valence-electron chi connectivity index (χ3n) is 2.43. The number of hydrogen-bond donors (Lipinski definition) is 2. The van der Waals surface area contributed by atoms with Crippen LogP contribution in [0.25, 0.3) is 0 Å². The van der Waals surface area contributed by atoms with Gasteiger partial charge < -0.3 is 5.32 Å². The van der Waals surface area contributed by atoms with Gasteiger partial charge in [-0.1, -0.05) is 12.1 Å². The average Bonchev–Trinajstić information content (AvgIpc) is 2.92.